The van der Waals surface area contributed by atoms with E-state index in [9.17, 15) is 0 Å². The highest BCUT2D eigenvalue weighted by Gasteiger charge is 2.40. The molecule has 0 amide bonds. The molecule has 1 saturated heterocycles. The van der Waals surface area contributed by atoms with E-state index >= 15 is 0 Å². The van der Waals surface area contributed by atoms with Crippen molar-refractivity contribution in [3.63, 3.8) is 0 Å². The molecular weight excluding hydrogens is 318 g/mol. The third kappa shape index (κ3) is 3.29. The fraction of sp³-hybridized carbons (Fsp3) is 0.474. The van der Waals surface area contributed by atoms with Crippen LogP contribution in [0.1, 0.15) is 25.0 Å². The molecule has 3 rings (SSSR count). The second kappa shape index (κ2) is 7.55. The Kier molecular flexibility index (Phi) is 5.43. The number of hydrogen-bond acceptors (Lipinski definition) is 4. The summed E-state index contributed by atoms with van der Waals surface area (Å²) in [6, 6.07) is 12.3. The Morgan fingerprint density at radius 2 is 1.96 bits per heavy atom. The van der Waals surface area contributed by atoms with Gasteiger partial charge < -0.3 is 10.1 Å². The van der Waals surface area contributed by atoms with E-state index < -0.39 is 5.60 Å². The molecule has 2 heterocycles. The number of likely N-dealkylation sites (tertiary alicyclic amines) is 1. The first-order valence-corrected chi connectivity index (χ1v) is 8.96. The lowest BCUT2D eigenvalue weighted by Crippen LogP contribution is -2.52. The summed E-state index contributed by atoms with van der Waals surface area (Å²) in [5.74, 6) is 0. The Morgan fingerprint density at radius 1 is 1.21 bits per heavy atom. The van der Waals surface area contributed by atoms with Gasteiger partial charge in [0.25, 0.3) is 0 Å². The first-order valence-electron chi connectivity index (χ1n) is 8.55. The van der Waals surface area contributed by atoms with E-state index in [2.05, 4.69) is 22.3 Å². The van der Waals surface area contributed by atoms with Gasteiger partial charge >= 0.3 is 0 Å². The third-order valence-electron chi connectivity index (χ3n) is 4.85. The van der Waals surface area contributed by atoms with Crippen LogP contribution in [0, 0.1) is 0 Å². The molecule has 4 nitrogen and oxygen atoms in total. The summed E-state index contributed by atoms with van der Waals surface area (Å²) >= 11 is 5.66. The van der Waals surface area contributed by atoms with Gasteiger partial charge in [-0.05, 0) is 38.1 Å². The van der Waals surface area contributed by atoms with Crippen LogP contribution >= 0.6 is 12.2 Å². The molecule has 128 valence electrons. The summed E-state index contributed by atoms with van der Waals surface area (Å²) < 4.78 is 6.02. The maximum atomic E-state index is 6.02. The van der Waals surface area contributed by atoms with E-state index in [0.29, 0.717) is 4.99 Å². The average Bonchev–Trinajstić information content (AvgIpc) is 2.66. The van der Waals surface area contributed by atoms with Crippen LogP contribution in [0.4, 0.5) is 0 Å². The summed E-state index contributed by atoms with van der Waals surface area (Å²) in [6.07, 6.45) is 3.77. The second-order valence-corrected chi connectivity index (χ2v) is 6.74. The molecule has 1 atom stereocenters. The minimum Gasteiger partial charge on any atom is -0.380 e. The normalized spacial score (nSPS) is 18.2. The SMILES string of the molecule is CNC(=S)C(CN1CCCCC1)(OC)c1ccc2ccccc2n1. The molecule has 1 fully saturated rings. The molecule has 1 aliphatic heterocycles. The average molecular weight is 343 g/mol. The van der Waals surface area contributed by atoms with Gasteiger partial charge in [0.15, 0.2) is 5.60 Å². The maximum absolute atomic E-state index is 6.02. The highest BCUT2D eigenvalue weighted by molar-refractivity contribution is 7.80. The van der Waals surface area contributed by atoms with Crippen molar-refractivity contribution in [3.05, 3.63) is 42.1 Å². The molecule has 1 aromatic carbocycles. The standard InChI is InChI=1S/C19H25N3OS/c1-20-18(24)19(23-2,14-22-12-6-3-7-13-22)17-11-10-15-8-4-5-9-16(15)21-17/h4-5,8-11H,3,6-7,12-14H2,1-2H3,(H,20,24). The number of nitrogens with zero attached hydrogens (tertiary/aromatic N) is 2. The quantitative estimate of drug-likeness (QED) is 0.845. The number of fused-ring (bicyclic) bond motifs is 1. The van der Waals surface area contributed by atoms with Crippen LogP contribution in [0.15, 0.2) is 36.4 Å². The van der Waals surface area contributed by atoms with Crippen molar-refractivity contribution >= 4 is 28.1 Å². The number of ether oxygens (including phenoxy) is 1. The van der Waals surface area contributed by atoms with Gasteiger partial charge in [-0.25, -0.2) is 4.98 Å². The van der Waals surface area contributed by atoms with Gasteiger partial charge in [-0.3, -0.25) is 4.90 Å². The van der Waals surface area contributed by atoms with Crippen molar-refractivity contribution in [3.8, 4) is 0 Å². The van der Waals surface area contributed by atoms with Crippen LogP contribution in [0.25, 0.3) is 10.9 Å². The molecule has 1 aliphatic rings. The molecular formula is C19H25N3OS. The first kappa shape index (κ1) is 17.3. The van der Waals surface area contributed by atoms with Gasteiger partial charge in [-0.2, -0.15) is 0 Å². The highest BCUT2D eigenvalue weighted by atomic mass is 32.1. The second-order valence-electron chi connectivity index (χ2n) is 6.34. The van der Waals surface area contributed by atoms with Crippen molar-refractivity contribution < 1.29 is 4.74 Å². The van der Waals surface area contributed by atoms with E-state index in [1.165, 1.54) is 19.3 Å². The Morgan fingerprint density at radius 3 is 2.67 bits per heavy atom. The highest BCUT2D eigenvalue weighted by Crippen LogP contribution is 2.29. The molecule has 1 N–H and O–H groups in total. The first-order chi connectivity index (χ1) is 11.7. The fourth-order valence-corrected chi connectivity index (χ4v) is 3.71. The number of piperidine rings is 1. The topological polar surface area (TPSA) is 37.4 Å². The van der Waals surface area contributed by atoms with E-state index in [4.69, 9.17) is 21.9 Å². The molecule has 0 bridgehead atoms. The Bertz CT molecular complexity index is 715. The summed E-state index contributed by atoms with van der Waals surface area (Å²) in [4.78, 5) is 7.99. The van der Waals surface area contributed by atoms with Gasteiger partial charge in [0, 0.05) is 26.1 Å². The summed E-state index contributed by atoms with van der Waals surface area (Å²) in [5, 5.41) is 4.26. The van der Waals surface area contributed by atoms with Crippen LogP contribution < -0.4 is 5.32 Å². The van der Waals surface area contributed by atoms with Crippen LogP contribution in [0.3, 0.4) is 0 Å². The summed E-state index contributed by atoms with van der Waals surface area (Å²) in [7, 11) is 3.58. The summed E-state index contributed by atoms with van der Waals surface area (Å²) in [5.41, 5.74) is 1.12. The summed E-state index contributed by atoms with van der Waals surface area (Å²) in [6.45, 7) is 2.91. The van der Waals surface area contributed by atoms with E-state index in [1.807, 2.05) is 31.3 Å². The molecule has 24 heavy (non-hydrogen) atoms. The smallest absolute Gasteiger partial charge is 0.172 e. The Balaban J connectivity index is 2.02. The van der Waals surface area contributed by atoms with Gasteiger partial charge in [-0.15, -0.1) is 0 Å². The fourth-order valence-electron chi connectivity index (χ4n) is 3.46. The molecule has 2 aromatic rings. The number of thiocarbonyl (C=S) groups is 1. The molecule has 0 saturated carbocycles. The zero-order chi connectivity index (χ0) is 17.0. The van der Waals surface area contributed by atoms with Gasteiger partial charge in [0.1, 0.15) is 4.99 Å². The van der Waals surface area contributed by atoms with Gasteiger partial charge in [0.2, 0.25) is 0 Å². The maximum Gasteiger partial charge on any atom is 0.172 e. The van der Waals surface area contributed by atoms with Crippen LogP contribution in [-0.4, -0.2) is 48.7 Å². The number of rotatable bonds is 5. The number of methoxy groups -OCH3 is 1. The van der Waals surface area contributed by atoms with Crippen LogP contribution in [0.5, 0.6) is 0 Å². The Labute approximate surface area is 149 Å². The van der Waals surface area contributed by atoms with Crippen molar-refractivity contribution in [2.75, 3.05) is 33.8 Å². The van der Waals surface area contributed by atoms with E-state index in [1.54, 1.807) is 7.11 Å². The van der Waals surface area contributed by atoms with Crippen molar-refractivity contribution in [2.24, 2.45) is 0 Å². The van der Waals surface area contributed by atoms with Gasteiger partial charge in [0.05, 0.1) is 11.2 Å². The van der Waals surface area contributed by atoms with Crippen LogP contribution in [-0.2, 0) is 10.3 Å². The van der Waals surface area contributed by atoms with Gasteiger partial charge in [-0.1, -0.05) is 42.9 Å². The number of pyridine rings is 1. The number of aromatic nitrogens is 1. The molecule has 1 unspecified atom stereocenters. The van der Waals surface area contributed by atoms with E-state index in [-0.39, 0.29) is 0 Å². The zero-order valence-electron chi connectivity index (χ0n) is 14.4. The lowest BCUT2D eigenvalue weighted by atomic mass is 9.95. The van der Waals surface area contributed by atoms with Crippen LogP contribution in [0.2, 0.25) is 0 Å². The monoisotopic (exact) mass is 343 g/mol. The zero-order valence-corrected chi connectivity index (χ0v) is 15.2. The lowest BCUT2D eigenvalue weighted by molar-refractivity contribution is 0.00625. The lowest BCUT2D eigenvalue weighted by Gasteiger charge is -2.38. The van der Waals surface area contributed by atoms with Crippen molar-refractivity contribution in [1.82, 2.24) is 15.2 Å². The Hall–Kier alpha value is -1.56. The molecule has 0 radical (unpaired) electrons. The van der Waals surface area contributed by atoms with Crippen molar-refractivity contribution in [1.29, 1.82) is 0 Å². The largest absolute Gasteiger partial charge is 0.380 e. The van der Waals surface area contributed by atoms with Crippen molar-refractivity contribution in [2.45, 2.75) is 24.9 Å². The minimum atomic E-state index is -0.717. The molecule has 1 aromatic heterocycles. The number of nitrogens with one attached hydrogen (secondary N) is 1. The molecule has 0 aliphatic carbocycles. The number of hydrogen-bond donors (Lipinski definition) is 1. The number of benzene rings is 1. The number of para-hydroxylation sites is 1. The molecule has 0 spiro atoms. The minimum absolute atomic E-state index is 0.679. The third-order valence-corrected chi connectivity index (χ3v) is 5.38. The number of likely N-dealkylation sites (N-methyl/N-ethyl adjacent to an activating group) is 1. The predicted molar refractivity (Wildman–Crippen MR) is 102 cm³/mol. The van der Waals surface area contributed by atoms with E-state index in [0.717, 1.165) is 36.2 Å². The molecule has 5 heteroatoms. The predicted octanol–water partition coefficient (Wildman–Crippen LogP) is 3.11.